The summed E-state index contributed by atoms with van der Waals surface area (Å²) in [5.41, 5.74) is 9.68. The Morgan fingerprint density at radius 2 is 2.00 bits per heavy atom. The van der Waals surface area contributed by atoms with Crippen LogP contribution in [0.25, 0.3) is 27.6 Å². The van der Waals surface area contributed by atoms with Crippen LogP contribution in [0, 0.1) is 0 Å². The number of pyridine rings is 2. The number of nitrogen functional groups attached to an aromatic ring is 1. The maximum Gasteiger partial charge on any atom is 0.165 e. The number of fused-ring (bicyclic) bond motifs is 2. The van der Waals surface area contributed by atoms with E-state index in [2.05, 4.69) is 25.3 Å². The zero-order valence-electron chi connectivity index (χ0n) is 19.5. The average molecular weight is 468 g/mol. The Hall–Kier alpha value is -4.53. The fourth-order valence-corrected chi connectivity index (χ4v) is 4.03. The minimum absolute atomic E-state index is 0.0107. The summed E-state index contributed by atoms with van der Waals surface area (Å²) in [4.78, 5) is 30.2. The normalized spacial score (nSPS) is 11.1. The third kappa shape index (κ3) is 4.35. The molecule has 1 aromatic carbocycles. The molecule has 4 aromatic heterocycles. The van der Waals surface area contributed by atoms with Crippen LogP contribution >= 0.6 is 0 Å². The molecule has 9 nitrogen and oxygen atoms in total. The molecule has 5 aromatic rings. The lowest BCUT2D eigenvalue weighted by atomic mass is 10.1. The molecule has 0 saturated heterocycles. The van der Waals surface area contributed by atoms with Crippen molar-refractivity contribution in [3.63, 3.8) is 0 Å². The van der Waals surface area contributed by atoms with E-state index in [-0.39, 0.29) is 11.6 Å². The lowest BCUT2D eigenvalue weighted by molar-refractivity contribution is 0.0983. The molecule has 0 aliphatic heterocycles. The number of nitrogens with zero attached hydrogens (tertiary/aromatic N) is 5. The van der Waals surface area contributed by atoms with E-state index >= 15 is 0 Å². The molecule has 176 valence electrons. The van der Waals surface area contributed by atoms with Gasteiger partial charge in [0.1, 0.15) is 30.3 Å². The second-order valence-electron chi connectivity index (χ2n) is 8.18. The lowest BCUT2D eigenvalue weighted by Gasteiger charge is -2.10. The monoisotopic (exact) mass is 467 g/mol. The summed E-state index contributed by atoms with van der Waals surface area (Å²) < 4.78 is 7.86. The third-order valence-corrected chi connectivity index (χ3v) is 5.77. The molecule has 5 rings (SSSR count). The van der Waals surface area contributed by atoms with Gasteiger partial charge in [-0.25, -0.2) is 15.0 Å². The fraction of sp³-hybridized carbons (Fsp3) is 0.192. The van der Waals surface area contributed by atoms with Gasteiger partial charge in [-0.1, -0.05) is 6.92 Å². The predicted molar refractivity (Wildman–Crippen MR) is 136 cm³/mol. The fourth-order valence-electron chi connectivity index (χ4n) is 4.03. The van der Waals surface area contributed by atoms with Gasteiger partial charge in [-0.15, -0.1) is 0 Å². The van der Waals surface area contributed by atoms with Gasteiger partial charge in [0, 0.05) is 48.4 Å². The van der Waals surface area contributed by atoms with Gasteiger partial charge in [0.25, 0.3) is 0 Å². The Kier molecular flexibility index (Phi) is 5.97. The first-order valence-corrected chi connectivity index (χ1v) is 11.4. The number of hydrogen-bond donors (Lipinski definition) is 2. The molecule has 0 spiro atoms. The topological polar surface area (TPSA) is 121 Å². The van der Waals surface area contributed by atoms with Crippen LogP contribution in [0.2, 0.25) is 0 Å². The number of nitrogens with one attached hydrogen (secondary N) is 1. The summed E-state index contributed by atoms with van der Waals surface area (Å²) >= 11 is 0. The Balaban J connectivity index is 1.44. The summed E-state index contributed by atoms with van der Waals surface area (Å²) in [5.74, 6) is 1.80. The van der Waals surface area contributed by atoms with Crippen LogP contribution in [0.4, 0.5) is 11.6 Å². The highest BCUT2D eigenvalue weighted by Crippen LogP contribution is 2.28. The molecule has 0 fully saturated rings. The summed E-state index contributed by atoms with van der Waals surface area (Å²) in [6, 6.07) is 11.7. The van der Waals surface area contributed by atoms with Crippen LogP contribution in [0.15, 0.2) is 61.3 Å². The van der Waals surface area contributed by atoms with Gasteiger partial charge in [-0.05, 0) is 36.8 Å². The number of rotatable bonds is 8. The minimum Gasteiger partial charge on any atom is -0.489 e. The number of carbonyl (C=O) groups is 1. The van der Waals surface area contributed by atoms with Gasteiger partial charge in [0.15, 0.2) is 11.4 Å². The summed E-state index contributed by atoms with van der Waals surface area (Å²) in [7, 11) is 1.84. The summed E-state index contributed by atoms with van der Waals surface area (Å²) in [5, 5.41) is 4.65. The van der Waals surface area contributed by atoms with Crippen molar-refractivity contribution in [2.75, 3.05) is 18.1 Å². The van der Waals surface area contributed by atoms with Crippen molar-refractivity contribution < 1.29 is 9.53 Å². The molecule has 0 aliphatic rings. The van der Waals surface area contributed by atoms with Crippen molar-refractivity contribution in [2.24, 2.45) is 0 Å². The SMILES string of the molecule is CCCC(=O)c1cn(-c2cncc(COc3ccc4ccc(NC)nc4c3)c2)c2ncnc(N)c12. The van der Waals surface area contributed by atoms with Crippen LogP contribution in [-0.4, -0.2) is 37.3 Å². The molecule has 35 heavy (non-hydrogen) atoms. The van der Waals surface area contributed by atoms with Crippen molar-refractivity contribution >= 4 is 39.4 Å². The van der Waals surface area contributed by atoms with Gasteiger partial charge >= 0.3 is 0 Å². The van der Waals surface area contributed by atoms with E-state index in [0.717, 1.165) is 34.4 Å². The Labute approximate surface area is 202 Å². The summed E-state index contributed by atoms with van der Waals surface area (Å²) in [6.07, 6.45) is 7.80. The van der Waals surface area contributed by atoms with Gasteiger partial charge < -0.3 is 15.8 Å². The first kappa shape index (κ1) is 22.3. The number of Topliss-reactive ketones (excluding diaryl/α,β-unsaturated/α-hetero) is 1. The molecule has 0 amide bonds. The predicted octanol–water partition coefficient (Wildman–Crippen LogP) is 4.55. The molecule has 0 unspecified atom stereocenters. The molecule has 0 bridgehead atoms. The highest BCUT2D eigenvalue weighted by Gasteiger charge is 2.19. The van der Waals surface area contributed by atoms with Crippen molar-refractivity contribution in [2.45, 2.75) is 26.4 Å². The average Bonchev–Trinajstić information content (AvgIpc) is 3.28. The number of carbonyl (C=O) groups excluding carboxylic acids is 1. The summed E-state index contributed by atoms with van der Waals surface area (Å²) in [6.45, 7) is 2.28. The van der Waals surface area contributed by atoms with Crippen LogP contribution in [0.5, 0.6) is 5.75 Å². The van der Waals surface area contributed by atoms with Gasteiger partial charge in [-0.3, -0.25) is 14.3 Å². The zero-order chi connectivity index (χ0) is 24.4. The maximum absolute atomic E-state index is 12.7. The zero-order valence-corrected chi connectivity index (χ0v) is 19.5. The smallest absolute Gasteiger partial charge is 0.165 e. The second kappa shape index (κ2) is 9.38. The number of anilines is 2. The number of nitrogens with two attached hydrogens (primary N) is 1. The van der Waals surface area contributed by atoms with Gasteiger partial charge in [-0.2, -0.15) is 0 Å². The third-order valence-electron chi connectivity index (χ3n) is 5.77. The van der Waals surface area contributed by atoms with E-state index in [1.165, 1.54) is 6.33 Å². The van der Waals surface area contributed by atoms with E-state index in [1.807, 2.05) is 54.9 Å². The van der Waals surface area contributed by atoms with E-state index in [0.29, 0.717) is 35.4 Å². The maximum atomic E-state index is 12.7. The molecule has 0 radical (unpaired) electrons. The number of ether oxygens (including phenoxy) is 1. The Bertz CT molecular complexity index is 1540. The van der Waals surface area contributed by atoms with Crippen LogP contribution in [0.3, 0.4) is 0 Å². The van der Waals surface area contributed by atoms with Crippen LogP contribution in [-0.2, 0) is 6.61 Å². The van der Waals surface area contributed by atoms with Crippen LogP contribution < -0.4 is 15.8 Å². The molecular weight excluding hydrogens is 442 g/mol. The molecule has 4 heterocycles. The number of ketones is 1. The molecular formula is C26H25N7O2. The molecule has 0 atom stereocenters. The lowest BCUT2D eigenvalue weighted by Crippen LogP contribution is -2.01. The van der Waals surface area contributed by atoms with Gasteiger partial charge in [0.2, 0.25) is 0 Å². The standard InChI is InChI=1S/C26H25N7O2/c1-3-4-22(34)20-13-33(26-24(20)25(27)30-15-31-26)18-9-16(11-29-12-18)14-35-19-7-5-17-6-8-23(28-2)32-21(17)10-19/h5-13,15H,3-4,14H2,1-2H3,(H,28,32)(H2,27,30,31). The highest BCUT2D eigenvalue weighted by atomic mass is 16.5. The minimum atomic E-state index is 0.0107. The van der Waals surface area contributed by atoms with Crippen molar-refractivity contribution in [1.82, 2.24) is 24.5 Å². The first-order valence-electron chi connectivity index (χ1n) is 11.4. The van der Waals surface area contributed by atoms with Crippen molar-refractivity contribution in [1.29, 1.82) is 0 Å². The van der Waals surface area contributed by atoms with E-state index < -0.39 is 0 Å². The molecule has 0 aliphatic carbocycles. The van der Waals surface area contributed by atoms with E-state index in [1.54, 1.807) is 18.6 Å². The number of benzene rings is 1. The van der Waals surface area contributed by atoms with Crippen LogP contribution in [0.1, 0.15) is 35.7 Å². The Morgan fingerprint density at radius 1 is 1.14 bits per heavy atom. The number of hydrogen-bond acceptors (Lipinski definition) is 8. The van der Waals surface area contributed by atoms with E-state index in [4.69, 9.17) is 10.5 Å². The first-order chi connectivity index (χ1) is 17.1. The Morgan fingerprint density at radius 3 is 2.83 bits per heavy atom. The number of aromatic nitrogens is 5. The quantitative estimate of drug-likeness (QED) is 0.319. The van der Waals surface area contributed by atoms with Crippen molar-refractivity contribution in [3.05, 3.63) is 72.4 Å². The molecule has 3 N–H and O–H groups in total. The largest absolute Gasteiger partial charge is 0.489 e. The second-order valence-corrected chi connectivity index (χ2v) is 8.18. The van der Waals surface area contributed by atoms with Gasteiger partial charge in [0.05, 0.1) is 22.8 Å². The molecule has 9 heteroatoms. The highest BCUT2D eigenvalue weighted by molar-refractivity contribution is 6.10. The van der Waals surface area contributed by atoms with E-state index in [9.17, 15) is 4.79 Å². The van der Waals surface area contributed by atoms with Crippen molar-refractivity contribution in [3.8, 4) is 11.4 Å². The molecule has 0 saturated carbocycles.